The number of nitrogens with one attached hydrogen (secondary N) is 1. The van der Waals surface area contributed by atoms with Gasteiger partial charge in [0.1, 0.15) is 0 Å². The summed E-state index contributed by atoms with van der Waals surface area (Å²) in [6.45, 7) is 0.707. The van der Waals surface area contributed by atoms with Crippen molar-refractivity contribution in [2.75, 3.05) is 18.9 Å². The quantitative estimate of drug-likeness (QED) is 0.694. The summed E-state index contributed by atoms with van der Waals surface area (Å²) in [4.78, 5) is 15.3. The third-order valence-electron chi connectivity index (χ3n) is 3.66. The highest BCUT2D eigenvalue weighted by Crippen LogP contribution is 2.28. The lowest BCUT2D eigenvalue weighted by Gasteiger charge is -2.19. The Balaban J connectivity index is 2.18. The number of hydrogen-bond donors (Lipinski definition) is 1. The number of nitro groups is 1. The summed E-state index contributed by atoms with van der Waals surface area (Å²) in [5.74, 6) is 0. The van der Waals surface area contributed by atoms with Crippen LogP contribution in [0, 0.1) is 10.1 Å². The largest absolute Gasteiger partial charge is 0.388 e. The Hall–Kier alpha value is -2.69. The minimum atomic E-state index is -0.377. The molecule has 0 amide bonds. The third kappa shape index (κ3) is 2.38. The van der Waals surface area contributed by atoms with Gasteiger partial charge in [0.05, 0.1) is 10.6 Å². The first-order chi connectivity index (χ1) is 10.2. The highest BCUT2D eigenvalue weighted by molar-refractivity contribution is 6.17. The van der Waals surface area contributed by atoms with Crippen LogP contribution in [-0.4, -0.2) is 24.2 Å². The van der Waals surface area contributed by atoms with Gasteiger partial charge in [0, 0.05) is 42.5 Å². The average molecular weight is 281 g/mol. The molecule has 0 unspecified atom stereocenters. The molecule has 5 heteroatoms. The standard InChI is InChI=1S/C16H15N3O2/c1-17-15-7-6-12(19(20)21)10-14(15)16-13-5-3-2-4-11(13)8-9-18-16/h2-7,10,17H,8-9H2,1H3. The zero-order chi connectivity index (χ0) is 14.8. The Labute approximate surface area is 122 Å². The van der Waals surface area contributed by atoms with Crippen molar-refractivity contribution in [1.29, 1.82) is 0 Å². The molecule has 0 aliphatic carbocycles. The Morgan fingerprint density at radius 3 is 2.76 bits per heavy atom. The van der Waals surface area contributed by atoms with Crippen LogP contribution >= 0.6 is 0 Å². The number of rotatable bonds is 3. The lowest BCUT2D eigenvalue weighted by molar-refractivity contribution is -0.384. The van der Waals surface area contributed by atoms with E-state index in [1.807, 2.05) is 18.2 Å². The van der Waals surface area contributed by atoms with Gasteiger partial charge in [-0.3, -0.25) is 15.1 Å². The van der Waals surface area contributed by atoms with Crippen molar-refractivity contribution in [3.8, 4) is 0 Å². The Bertz CT molecular complexity index is 738. The van der Waals surface area contributed by atoms with E-state index in [-0.39, 0.29) is 10.6 Å². The summed E-state index contributed by atoms with van der Waals surface area (Å²) in [6.07, 6.45) is 0.906. The maximum atomic E-state index is 11.0. The first kappa shape index (κ1) is 13.3. The molecule has 0 saturated heterocycles. The first-order valence-electron chi connectivity index (χ1n) is 6.80. The fraction of sp³-hybridized carbons (Fsp3) is 0.188. The molecule has 0 spiro atoms. The molecule has 2 aromatic carbocycles. The molecule has 5 nitrogen and oxygen atoms in total. The summed E-state index contributed by atoms with van der Waals surface area (Å²) in [5, 5.41) is 14.1. The molecule has 3 rings (SSSR count). The molecular formula is C16H15N3O2. The fourth-order valence-electron chi connectivity index (χ4n) is 2.63. The van der Waals surface area contributed by atoms with Gasteiger partial charge in [0.2, 0.25) is 0 Å². The predicted octanol–water partition coefficient (Wildman–Crippen LogP) is 3.03. The number of nitro benzene ring substituents is 1. The van der Waals surface area contributed by atoms with Gasteiger partial charge in [-0.2, -0.15) is 0 Å². The van der Waals surface area contributed by atoms with Crippen molar-refractivity contribution < 1.29 is 4.92 Å². The van der Waals surface area contributed by atoms with Gasteiger partial charge in [-0.1, -0.05) is 24.3 Å². The molecule has 0 atom stereocenters. The number of non-ortho nitro benzene ring substituents is 1. The molecular weight excluding hydrogens is 266 g/mol. The van der Waals surface area contributed by atoms with E-state index in [1.54, 1.807) is 19.2 Å². The first-order valence-corrected chi connectivity index (χ1v) is 6.80. The van der Waals surface area contributed by atoms with Crippen LogP contribution in [0.15, 0.2) is 47.5 Å². The third-order valence-corrected chi connectivity index (χ3v) is 3.66. The van der Waals surface area contributed by atoms with E-state index in [0.29, 0.717) is 6.54 Å². The second-order valence-corrected chi connectivity index (χ2v) is 4.87. The smallest absolute Gasteiger partial charge is 0.270 e. The minimum Gasteiger partial charge on any atom is -0.388 e. The van der Waals surface area contributed by atoms with E-state index < -0.39 is 0 Å². The van der Waals surface area contributed by atoms with Gasteiger partial charge in [0.25, 0.3) is 5.69 Å². The number of benzene rings is 2. The van der Waals surface area contributed by atoms with Gasteiger partial charge >= 0.3 is 0 Å². The lowest BCUT2D eigenvalue weighted by Crippen LogP contribution is -2.15. The van der Waals surface area contributed by atoms with E-state index in [2.05, 4.69) is 16.4 Å². The Kier molecular flexibility index (Phi) is 3.39. The minimum absolute atomic E-state index is 0.0785. The zero-order valence-electron chi connectivity index (χ0n) is 11.7. The topological polar surface area (TPSA) is 67.5 Å². The fourth-order valence-corrected chi connectivity index (χ4v) is 2.63. The molecule has 1 N–H and O–H groups in total. The van der Waals surface area contributed by atoms with Crippen LogP contribution in [0.4, 0.5) is 11.4 Å². The molecule has 0 radical (unpaired) electrons. The van der Waals surface area contributed by atoms with Gasteiger partial charge < -0.3 is 5.32 Å². The zero-order valence-corrected chi connectivity index (χ0v) is 11.7. The van der Waals surface area contributed by atoms with Gasteiger partial charge in [-0.15, -0.1) is 0 Å². The lowest BCUT2D eigenvalue weighted by atomic mass is 9.92. The monoisotopic (exact) mass is 281 g/mol. The van der Waals surface area contributed by atoms with E-state index in [9.17, 15) is 10.1 Å². The molecule has 106 valence electrons. The van der Waals surface area contributed by atoms with E-state index in [0.717, 1.165) is 28.9 Å². The molecule has 1 aliphatic rings. The molecule has 21 heavy (non-hydrogen) atoms. The van der Waals surface area contributed by atoms with Crippen LogP contribution in [0.5, 0.6) is 0 Å². The highest BCUT2D eigenvalue weighted by Gasteiger charge is 2.20. The summed E-state index contributed by atoms with van der Waals surface area (Å²) in [7, 11) is 1.81. The van der Waals surface area contributed by atoms with E-state index in [4.69, 9.17) is 0 Å². The van der Waals surface area contributed by atoms with Crippen molar-refractivity contribution in [3.05, 3.63) is 69.3 Å². The van der Waals surface area contributed by atoms with Crippen molar-refractivity contribution in [1.82, 2.24) is 0 Å². The Morgan fingerprint density at radius 2 is 2.00 bits per heavy atom. The summed E-state index contributed by atoms with van der Waals surface area (Å²) < 4.78 is 0. The van der Waals surface area contributed by atoms with Gasteiger partial charge in [0.15, 0.2) is 0 Å². The average Bonchev–Trinajstić information content (AvgIpc) is 2.53. The summed E-state index contributed by atoms with van der Waals surface area (Å²) in [6, 6.07) is 12.9. The Morgan fingerprint density at radius 1 is 1.19 bits per heavy atom. The summed E-state index contributed by atoms with van der Waals surface area (Å²) >= 11 is 0. The second-order valence-electron chi connectivity index (χ2n) is 4.87. The molecule has 0 bridgehead atoms. The van der Waals surface area contributed by atoms with Crippen molar-refractivity contribution in [3.63, 3.8) is 0 Å². The molecule has 0 fully saturated rings. The van der Waals surface area contributed by atoms with Gasteiger partial charge in [-0.05, 0) is 18.1 Å². The molecule has 2 aromatic rings. The van der Waals surface area contributed by atoms with Crippen molar-refractivity contribution in [2.24, 2.45) is 4.99 Å². The number of hydrogen-bond acceptors (Lipinski definition) is 4. The van der Waals surface area contributed by atoms with Crippen LogP contribution in [0.2, 0.25) is 0 Å². The van der Waals surface area contributed by atoms with Crippen LogP contribution in [-0.2, 0) is 6.42 Å². The van der Waals surface area contributed by atoms with Crippen molar-refractivity contribution in [2.45, 2.75) is 6.42 Å². The van der Waals surface area contributed by atoms with Crippen LogP contribution in [0.1, 0.15) is 16.7 Å². The number of aliphatic imine (C=N–C) groups is 1. The van der Waals surface area contributed by atoms with Crippen molar-refractivity contribution >= 4 is 17.1 Å². The number of nitrogens with zero attached hydrogens (tertiary/aromatic N) is 2. The van der Waals surface area contributed by atoms with Crippen LogP contribution in [0.25, 0.3) is 0 Å². The van der Waals surface area contributed by atoms with E-state index >= 15 is 0 Å². The normalized spacial score (nSPS) is 13.3. The van der Waals surface area contributed by atoms with E-state index in [1.165, 1.54) is 11.6 Å². The highest BCUT2D eigenvalue weighted by atomic mass is 16.6. The molecule has 1 heterocycles. The number of fused-ring (bicyclic) bond motifs is 1. The molecule has 1 aliphatic heterocycles. The maximum Gasteiger partial charge on any atom is 0.270 e. The summed E-state index contributed by atoms with van der Waals surface area (Å²) in [5.41, 5.74) is 4.81. The van der Waals surface area contributed by atoms with Gasteiger partial charge in [-0.25, -0.2) is 0 Å². The van der Waals surface area contributed by atoms with Crippen LogP contribution < -0.4 is 5.32 Å². The molecule has 0 saturated carbocycles. The van der Waals surface area contributed by atoms with Crippen LogP contribution in [0.3, 0.4) is 0 Å². The molecule has 0 aromatic heterocycles. The maximum absolute atomic E-state index is 11.0. The SMILES string of the molecule is CNc1ccc([N+](=O)[O-])cc1C1=NCCc2ccccc21. The number of anilines is 1. The predicted molar refractivity (Wildman–Crippen MR) is 83.3 cm³/mol. The second kappa shape index (κ2) is 5.36.